The minimum Gasteiger partial charge on any atom is -0.546 e. The van der Waals surface area contributed by atoms with E-state index >= 15 is 0 Å². The van der Waals surface area contributed by atoms with Crippen LogP contribution in [0.3, 0.4) is 0 Å². The zero-order chi connectivity index (χ0) is 34.0. The lowest BCUT2D eigenvalue weighted by Gasteiger charge is -2.28. The average Bonchev–Trinajstić information content (AvgIpc) is 3.02. The summed E-state index contributed by atoms with van der Waals surface area (Å²) < 4.78 is 6.52. The highest BCUT2D eigenvalue weighted by Crippen LogP contribution is 2.27. The van der Waals surface area contributed by atoms with Gasteiger partial charge in [-0.05, 0) is 12.8 Å². The molecule has 0 radical (unpaired) electrons. The number of nitrogens with zero attached hydrogens (tertiary/aromatic N) is 1. The predicted octanol–water partition coefficient (Wildman–Crippen LogP) is 13.4. The summed E-state index contributed by atoms with van der Waals surface area (Å²) in [7, 11) is 6.75. The molecule has 0 fully saturated rings. The molecule has 0 aromatic rings. The fourth-order valence-electron chi connectivity index (χ4n) is 6.30. The highest BCUT2D eigenvalue weighted by atomic mass is 31.1. The van der Waals surface area contributed by atoms with Gasteiger partial charge >= 0.3 is 0 Å². The number of carbonyl (C=O) groups excluding carboxylic acids is 2. The minimum atomic E-state index is -0.463. The molecule has 0 rings (SSSR count). The molecule has 0 saturated carbocycles. The summed E-state index contributed by atoms with van der Waals surface area (Å²) in [6.45, 7) is 5.97. The van der Waals surface area contributed by atoms with Crippen LogP contribution in [-0.4, -0.2) is 50.1 Å². The van der Waals surface area contributed by atoms with E-state index in [9.17, 15) is 9.59 Å². The highest BCUT2D eigenvalue weighted by Gasteiger charge is 2.20. The van der Waals surface area contributed by atoms with Crippen molar-refractivity contribution < 1.29 is 18.6 Å². The van der Waals surface area contributed by atoms with Gasteiger partial charge in [0.2, 0.25) is 0 Å². The van der Waals surface area contributed by atoms with Crippen LogP contribution in [0.1, 0.15) is 213 Å². The summed E-state index contributed by atoms with van der Waals surface area (Å²) in [5, 5.41) is 0. The molecule has 0 N–H and O–H groups in total. The SMILES string of the molecule is CCCCCCCCCCCCCCCCCCC(C(=O)CCCCCCCCCCCCCCC)C(=O)[P-]OCC[N+](C)(C)C. The van der Waals surface area contributed by atoms with E-state index in [2.05, 4.69) is 35.0 Å². The lowest BCUT2D eigenvalue weighted by Crippen LogP contribution is -2.37. The van der Waals surface area contributed by atoms with Crippen LogP contribution in [0.15, 0.2) is 0 Å². The summed E-state index contributed by atoms with van der Waals surface area (Å²) >= 11 is 0. The van der Waals surface area contributed by atoms with Gasteiger partial charge in [-0.1, -0.05) is 194 Å². The Morgan fingerprint density at radius 3 is 1.17 bits per heavy atom. The second-order valence-electron chi connectivity index (χ2n) is 15.4. The van der Waals surface area contributed by atoms with Crippen molar-refractivity contribution in [2.45, 2.75) is 213 Å². The molecule has 46 heavy (non-hydrogen) atoms. The lowest BCUT2D eigenvalue weighted by atomic mass is 9.93. The van der Waals surface area contributed by atoms with E-state index in [4.69, 9.17) is 4.52 Å². The van der Waals surface area contributed by atoms with E-state index in [1.807, 2.05) is 0 Å². The van der Waals surface area contributed by atoms with Gasteiger partial charge in [0.05, 0.1) is 34.3 Å². The van der Waals surface area contributed by atoms with Crippen molar-refractivity contribution in [3.05, 3.63) is 0 Å². The Bertz CT molecular complexity index is 663. The van der Waals surface area contributed by atoms with Crippen molar-refractivity contribution in [3.63, 3.8) is 0 Å². The Morgan fingerprint density at radius 1 is 0.500 bits per heavy atom. The quantitative estimate of drug-likeness (QED) is 0.0285. The zero-order valence-corrected chi connectivity index (χ0v) is 32.9. The number of hydrogen-bond donors (Lipinski definition) is 0. The molecule has 0 aliphatic heterocycles. The Hall–Kier alpha value is -0.310. The molecule has 0 saturated heterocycles. The van der Waals surface area contributed by atoms with Crippen LogP contribution in [0.2, 0.25) is 0 Å². The Morgan fingerprint density at radius 2 is 0.826 bits per heavy atom. The molecule has 0 bridgehead atoms. The van der Waals surface area contributed by atoms with Crippen LogP contribution >= 0.6 is 8.81 Å². The molecule has 0 heterocycles. The Labute approximate surface area is 291 Å². The Balaban J connectivity index is 4.11. The molecule has 4 nitrogen and oxygen atoms in total. The molecular formula is C41H82NO3P. The number of Topliss-reactive ketones (excluding diaryl/α,β-unsaturated/α-hetero) is 1. The summed E-state index contributed by atoms with van der Waals surface area (Å²) in [5.41, 5.74) is -0.0120. The van der Waals surface area contributed by atoms with E-state index in [1.165, 1.54) is 161 Å². The maximum absolute atomic E-state index is 13.2. The first-order chi connectivity index (χ1) is 22.3. The molecule has 0 aliphatic carbocycles. The highest BCUT2D eigenvalue weighted by molar-refractivity contribution is 7.53. The lowest BCUT2D eigenvalue weighted by molar-refractivity contribution is -0.870. The first kappa shape index (κ1) is 45.7. The first-order valence-electron chi connectivity index (χ1n) is 20.5. The first-order valence-corrected chi connectivity index (χ1v) is 21.3. The fourth-order valence-corrected chi connectivity index (χ4v) is 7.00. The van der Waals surface area contributed by atoms with Gasteiger partial charge in [-0.3, -0.25) is 4.79 Å². The molecule has 1 unspecified atom stereocenters. The third kappa shape index (κ3) is 33.6. The number of hydrogen-bond acceptors (Lipinski definition) is 3. The van der Waals surface area contributed by atoms with Gasteiger partial charge in [0.15, 0.2) is 0 Å². The minimum absolute atomic E-state index is 0.0120. The number of rotatable bonds is 38. The van der Waals surface area contributed by atoms with Gasteiger partial charge < -0.3 is 22.6 Å². The van der Waals surface area contributed by atoms with Crippen LogP contribution in [0.4, 0.5) is 0 Å². The van der Waals surface area contributed by atoms with Crippen molar-refractivity contribution in [2.75, 3.05) is 34.3 Å². The maximum Gasteiger partial charge on any atom is 0.140 e. The van der Waals surface area contributed by atoms with Crippen molar-refractivity contribution in [2.24, 2.45) is 5.92 Å². The largest absolute Gasteiger partial charge is 0.546 e. The predicted molar refractivity (Wildman–Crippen MR) is 204 cm³/mol. The summed E-state index contributed by atoms with van der Waals surface area (Å²) in [4.78, 5) is 26.3. The van der Waals surface area contributed by atoms with Gasteiger partial charge in [0.25, 0.3) is 0 Å². The molecule has 0 amide bonds. The third-order valence-electron chi connectivity index (χ3n) is 9.57. The number of carbonyl (C=O) groups is 2. The van der Waals surface area contributed by atoms with Crippen LogP contribution in [0.5, 0.6) is 0 Å². The standard InChI is InChI=1S/C41H82NO3P/c1-6-8-10-12-14-16-18-20-21-22-24-25-27-29-31-33-35-39(41(44)46-45-38-37-42(3,4)5)40(43)36-34-32-30-28-26-23-19-17-15-13-11-9-7-2/h39H,6-38H2,1-5H3. The van der Waals surface area contributed by atoms with Crippen LogP contribution in [0, 0.1) is 5.92 Å². The zero-order valence-electron chi connectivity index (χ0n) is 32.0. The molecule has 0 spiro atoms. The number of likely N-dealkylation sites (N-methyl/N-ethyl adjacent to an activating group) is 1. The normalized spacial score (nSPS) is 12.8. The Kier molecular flexibility index (Phi) is 34.3. The second-order valence-corrected chi connectivity index (χ2v) is 16.3. The van der Waals surface area contributed by atoms with E-state index in [0.29, 0.717) is 28.3 Å². The van der Waals surface area contributed by atoms with Gasteiger partial charge in [0.1, 0.15) is 5.78 Å². The molecule has 1 atom stereocenters. The smallest absolute Gasteiger partial charge is 0.140 e. The summed E-state index contributed by atoms with van der Waals surface area (Å²) in [5.74, 6) is -0.300. The molecule has 274 valence electrons. The van der Waals surface area contributed by atoms with Gasteiger partial charge in [-0.2, -0.15) is 0 Å². The van der Waals surface area contributed by atoms with E-state index in [0.717, 1.165) is 36.7 Å². The molecule has 5 heteroatoms. The number of quaternary nitrogens is 1. The van der Waals surface area contributed by atoms with Crippen LogP contribution in [0.25, 0.3) is 0 Å². The summed E-state index contributed by atoms with van der Waals surface area (Å²) in [6, 6.07) is 0. The number of ketones is 1. The third-order valence-corrected chi connectivity index (χ3v) is 10.4. The fraction of sp³-hybridized carbons (Fsp3) is 0.951. The molecular weight excluding hydrogens is 585 g/mol. The monoisotopic (exact) mass is 668 g/mol. The van der Waals surface area contributed by atoms with Crippen molar-refractivity contribution in [3.8, 4) is 0 Å². The summed E-state index contributed by atoms with van der Waals surface area (Å²) in [6.07, 6.45) is 39.6. The molecule has 0 aromatic carbocycles. The van der Waals surface area contributed by atoms with Crippen LogP contribution in [-0.2, 0) is 14.1 Å². The number of unbranched alkanes of at least 4 members (excludes halogenated alkanes) is 27. The average molecular weight is 668 g/mol. The topological polar surface area (TPSA) is 43.4 Å². The van der Waals surface area contributed by atoms with Crippen molar-refractivity contribution in [1.82, 2.24) is 0 Å². The van der Waals surface area contributed by atoms with E-state index in [-0.39, 0.29) is 11.3 Å². The van der Waals surface area contributed by atoms with Gasteiger partial charge in [0, 0.05) is 17.9 Å². The second kappa shape index (κ2) is 34.5. The molecule has 0 aromatic heterocycles. The van der Waals surface area contributed by atoms with Crippen LogP contribution < -0.4 is 0 Å². The van der Waals surface area contributed by atoms with Crippen molar-refractivity contribution in [1.29, 1.82) is 0 Å². The molecule has 0 aliphatic rings. The van der Waals surface area contributed by atoms with E-state index in [1.54, 1.807) is 0 Å². The maximum atomic E-state index is 13.2. The van der Waals surface area contributed by atoms with Crippen molar-refractivity contribution >= 4 is 20.1 Å². The van der Waals surface area contributed by atoms with E-state index < -0.39 is 5.92 Å². The van der Waals surface area contributed by atoms with Gasteiger partial charge in [-0.25, -0.2) is 0 Å². The van der Waals surface area contributed by atoms with Gasteiger partial charge in [-0.15, -0.1) is 0 Å².